The fourth-order valence-electron chi connectivity index (χ4n) is 3.39. The summed E-state index contributed by atoms with van der Waals surface area (Å²) in [5, 5.41) is 0. The number of benzene rings is 1. The third-order valence-corrected chi connectivity index (χ3v) is 4.70. The Bertz CT molecular complexity index is 688. The summed E-state index contributed by atoms with van der Waals surface area (Å²) >= 11 is 0. The highest BCUT2D eigenvalue weighted by molar-refractivity contribution is 6.11. The molecule has 0 saturated heterocycles. The van der Waals surface area contributed by atoms with Crippen LogP contribution in [0.4, 0.5) is 0 Å². The minimum atomic E-state index is 0.0996. The molecule has 1 aliphatic carbocycles. The molecule has 0 bridgehead atoms. The third kappa shape index (κ3) is 4.26. The SMILES string of the molecule is CC/C(=C\C1=C(C=O)c2cc(C(C)(C)C)ccc2C1)CC(C)(C)C. The van der Waals surface area contributed by atoms with Crippen LogP contribution in [0.5, 0.6) is 0 Å². The predicted octanol–water partition coefficient (Wildman–Crippen LogP) is 6.27. The van der Waals surface area contributed by atoms with Crippen molar-refractivity contribution in [2.24, 2.45) is 5.41 Å². The van der Waals surface area contributed by atoms with E-state index in [1.54, 1.807) is 0 Å². The molecular formula is C23H32O. The second-order valence-electron chi connectivity index (χ2n) is 9.25. The summed E-state index contributed by atoms with van der Waals surface area (Å²) in [5.41, 5.74) is 7.58. The molecule has 1 aromatic rings. The van der Waals surface area contributed by atoms with E-state index in [-0.39, 0.29) is 10.8 Å². The molecule has 0 amide bonds. The van der Waals surface area contributed by atoms with Crippen molar-refractivity contribution in [2.45, 2.75) is 73.1 Å². The number of hydrogen-bond acceptors (Lipinski definition) is 1. The largest absolute Gasteiger partial charge is 0.298 e. The second-order valence-corrected chi connectivity index (χ2v) is 9.25. The van der Waals surface area contributed by atoms with Crippen molar-refractivity contribution in [1.82, 2.24) is 0 Å². The zero-order chi connectivity index (χ0) is 18.1. The lowest BCUT2D eigenvalue weighted by molar-refractivity contribution is -0.103. The first kappa shape index (κ1) is 18.7. The van der Waals surface area contributed by atoms with Gasteiger partial charge in [-0.2, -0.15) is 0 Å². The number of hydrogen-bond donors (Lipinski definition) is 0. The van der Waals surface area contributed by atoms with Crippen molar-refractivity contribution in [1.29, 1.82) is 0 Å². The molecule has 2 rings (SSSR count). The fraction of sp³-hybridized carbons (Fsp3) is 0.522. The molecule has 0 heterocycles. The van der Waals surface area contributed by atoms with E-state index in [0.29, 0.717) is 0 Å². The molecule has 1 aromatic carbocycles. The van der Waals surface area contributed by atoms with Gasteiger partial charge in [0.2, 0.25) is 0 Å². The van der Waals surface area contributed by atoms with Gasteiger partial charge in [-0.25, -0.2) is 0 Å². The van der Waals surface area contributed by atoms with E-state index in [2.05, 4.69) is 72.7 Å². The van der Waals surface area contributed by atoms with Crippen molar-refractivity contribution in [3.63, 3.8) is 0 Å². The highest BCUT2D eigenvalue weighted by atomic mass is 16.1. The van der Waals surface area contributed by atoms with Crippen molar-refractivity contribution >= 4 is 11.9 Å². The highest BCUT2D eigenvalue weighted by Crippen LogP contribution is 2.37. The Kier molecular flexibility index (Phi) is 5.22. The maximum atomic E-state index is 11.8. The topological polar surface area (TPSA) is 17.1 Å². The summed E-state index contributed by atoms with van der Waals surface area (Å²) in [5.74, 6) is 0. The van der Waals surface area contributed by atoms with Gasteiger partial charge in [-0.3, -0.25) is 4.79 Å². The molecule has 0 aromatic heterocycles. The normalized spacial score (nSPS) is 15.7. The molecular weight excluding hydrogens is 292 g/mol. The van der Waals surface area contributed by atoms with Crippen LogP contribution in [0.2, 0.25) is 0 Å². The Labute approximate surface area is 147 Å². The number of aldehydes is 1. The number of carbonyl (C=O) groups is 1. The minimum Gasteiger partial charge on any atom is -0.298 e. The second kappa shape index (κ2) is 6.70. The summed E-state index contributed by atoms with van der Waals surface area (Å²) in [4.78, 5) is 11.8. The molecule has 1 nitrogen and oxygen atoms in total. The Morgan fingerprint density at radius 2 is 1.79 bits per heavy atom. The standard InChI is InChI=1S/C23H32O/c1-8-16(14-22(2,3)4)11-18-12-17-9-10-19(23(5,6)7)13-20(17)21(18)15-24/h9-11,13,15H,8,12,14H2,1-7H3/b16-11+. The Hall–Kier alpha value is -1.63. The van der Waals surface area contributed by atoms with Crippen LogP contribution in [0.25, 0.3) is 5.57 Å². The van der Waals surface area contributed by atoms with Gasteiger partial charge >= 0.3 is 0 Å². The quantitative estimate of drug-likeness (QED) is 0.597. The van der Waals surface area contributed by atoms with Crippen LogP contribution < -0.4 is 0 Å². The first-order chi connectivity index (χ1) is 11.0. The first-order valence-electron chi connectivity index (χ1n) is 9.06. The Morgan fingerprint density at radius 3 is 2.29 bits per heavy atom. The number of carbonyl (C=O) groups excluding carboxylic acids is 1. The van der Waals surface area contributed by atoms with Gasteiger partial charge in [-0.05, 0) is 52.4 Å². The van der Waals surface area contributed by atoms with Crippen LogP contribution in [-0.2, 0) is 16.6 Å². The van der Waals surface area contributed by atoms with Crippen molar-refractivity contribution in [3.8, 4) is 0 Å². The lowest BCUT2D eigenvalue weighted by Gasteiger charge is -2.20. The van der Waals surface area contributed by atoms with E-state index < -0.39 is 0 Å². The molecule has 130 valence electrons. The maximum absolute atomic E-state index is 11.8. The van der Waals surface area contributed by atoms with E-state index >= 15 is 0 Å². The molecule has 1 aliphatic rings. The van der Waals surface area contributed by atoms with Gasteiger partial charge in [0.25, 0.3) is 0 Å². The maximum Gasteiger partial charge on any atom is 0.150 e. The summed E-state index contributed by atoms with van der Waals surface area (Å²) in [6, 6.07) is 6.63. The average Bonchev–Trinajstić information content (AvgIpc) is 2.80. The molecule has 0 spiro atoms. The van der Waals surface area contributed by atoms with Gasteiger partial charge < -0.3 is 0 Å². The van der Waals surface area contributed by atoms with E-state index in [1.165, 1.54) is 22.3 Å². The summed E-state index contributed by atoms with van der Waals surface area (Å²) in [7, 11) is 0. The number of fused-ring (bicyclic) bond motifs is 1. The van der Waals surface area contributed by atoms with Gasteiger partial charge in [0.15, 0.2) is 6.29 Å². The Balaban J connectivity index is 2.45. The van der Waals surface area contributed by atoms with Gasteiger partial charge in [0, 0.05) is 5.57 Å². The summed E-state index contributed by atoms with van der Waals surface area (Å²) in [6.07, 6.45) is 6.32. The number of allylic oxidation sites excluding steroid dienone is 4. The molecule has 0 aliphatic heterocycles. The van der Waals surface area contributed by atoms with E-state index in [4.69, 9.17) is 0 Å². The molecule has 24 heavy (non-hydrogen) atoms. The molecule has 0 N–H and O–H groups in total. The van der Waals surface area contributed by atoms with Crippen LogP contribution in [0.3, 0.4) is 0 Å². The van der Waals surface area contributed by atoms with Gasteiger partial charge in [0.1, 0.15) is 0 Å². The van der Waals surface area contributed by atoms with Crippen LogP contribution in [0, 0.1) is 5.41 Å². The van der Waals surface area contributed by atoms with Crippen LogP contribution in [0.15, 0.2) is 35.4 Å². The highest BCUT2D eigenvalue weighted by Gasteiger charge is 2.23. The van der Waals surface area contributed by atoms with Gasteiger partial charge in [-0.15, -0.1) is 0 Å². The zero-order valence-corrected chi connectivity index (χ0v) is 16.4. The fourth-order valence-corrected chi connectivity index (χ4v) is 3.39. The van der Waals surface area contributed by atoms with Crippen molar-refractivity contribution < 1.29 is 4.79 Å². The van der Waals surface area contributed by atoms with Gasteiger partial charge in [-0.1, -0.05) is 78.3 Å². The number of rotatable bonds is 4. The summed E-state index contributed by atoms with van der Waals surface area (Å²) < 4.78 is 0. The van der Waals surface area contributed by atoms with Crippen LogP contribution in [0.1, 0.15) is 78.0 Å². The smallest absolute Gasteiger partial charge is 0.150 e. The first-order valence-corrected chi connectivity index (χ1v) is 9.06. The lowest BCUT2D eigenvalue weighted by Crippen LogP contribution is -2.11. The van der Waals surface area contributed by atoms with E-state index in [9.17, 15) is 4.79 Å². The zero-order valence-electron chi connectivity index (χ0n) is 16.4. The minimum absolute atomic E-state index is 0.0996. The van der Waals surface area contributed by atoms with E-state index in [0.717, 1.165) is 36.7 Å². The lowest BCUT2D eigenvalue weighted by atomic mass is 9.85. The molecule has 0 atom stereocenters. The molecule has 0 saturated carbocycles. The molecule has 1 heteroatoms. The molecule has 0 radical (unpaired) electrons. The predicted molar refractivity (Wildman–Crippen MR) is 104 cm³/mol. The van der Waals surface area contributed by atoms with Crippen LogP contribution in [-0.4, -0.2) is 6.29 Å². The molecule has 0 fully saturated rings. The van der Waals surface area contributed by atoms with Gasteiger partial charge in [0.05, 0.1) is 0 Å². The average molecular weight is 325 g/mol. The Morgan fingerprint density at radius 1 is 1.12 bits per heavy atom. The van der Waals surface area contributed by atoms with Crippen LogP contribution >= 0.6 is 0 Å². The van der Waals surface area contributed by atoms with Crippen molar-refractivity contribution in [3.05, 3.63) is 52.1 Å². The summed E-state index contributed by atoms with van der Waals surface area (Å²) in [6.45, 7) is 15.7. The third-order valence-electron chi connectivity index (χ3n) is 4.70. The van der Waals surface area contributed by atoms with Crippen molar-refractivity contribution in [2.75, 3.05) is 0 Å². The molecule has 0 unspecified atom stereocenters. The monoisotopic (exact) mass is 324 g/mol. The van der Waals surface area contributed by atoms with E-state index in [1.807, 2.05) is 0 Å².